The molecule has 0 saturated carbocycles. The minimum absolute atomic E-state index is 0. The minimum Gasteiger partial charge on any atom is -0.373 e. The number of guanidine groups is 1. The molecule has 152 valence electrons. The quantitative estimate of drug-likeness (QED) is 0.381. The van der Waals surface area contributed by atoms with E-state index in [1.807, 2.05) is 7.05 Å². The van der Waals surface area contributed by atoms with Crippen molar-refractivity contribution >= 4 is 29.9 Å². The molecule has 5 heteroatoms. The van der Waals surface area contributed by atoms with Crippen molar-refractivity contribution in [2.24, 2.45) is 16.3 Å². The van der Waals surface area contributed by atoms with Gasteiger partial charge in [0.05, 0.1) is 6.10 Å². The van der Waals surface area contributed by atoms with Crippen molar-refractivity contribution in [1.29, 1.82) is 0 Å². The Morgan fingerprint density at radius 1 is 1.22 bits per heavy atom. The molecule has 1 N–H and O–H groups in total. The first-order valence-corrected chi connectivity index (χ1v) is 9.93. The van der Waals surface area contributed by atoms with Gasteiger partial charge in [-0.15, -0.1) is 24.0 Å². The lowest BCUT2D eigenvalue weighted by atomic mass is 9.65. The van der Waals surface area contributed by atoms with E-state index in [0.717, 1.165) is 32.1 Å². The molecule has 1 aromatic carbocycles. The number of rotatable bonds is 3. The Labute approximate surface area is 182 Å². The molecule has 2 atom stereocenters. The smallest absolute Gasteiger partial charge is 0.194 e. The number of ether oxygens (including phenoxy) is 1. The summed E-state index contributed by atoms with van der Waals surface area (Å²) in [5, 5.41) is 3.64. The van der Waals surface area contributed by atoms with Crippen molar-refractivity contribution in [1.82, 2.24) is 10.2 Å². The molecule has 0 spiro atoms. The fourth-order valence-electron chi connectivity index (χ4n) is 4.09. The van der Waals surface area contributed by atoms with Crippen molar-refractivity contribution in [3.63, 3.8) is 0 Å². The van der Waals surface area contributed by atoms with Gasteiger partial charge in [0.1, 0.15) is 0 Å². The zero-order valence-electron chi connectivity index (χ0n) is 17.7. The van der Waals surface area contributed by atoms with Gasteiger partial charge in [0.15, 0.2) is 5.96 Å². The van der Waals surface area contributed by atoms with Crippen molar-refractivity contribution < 1.29 is 4.74 Å². The lowest BCUT2D eigenvalue weighted by Crippen LogP contribution is -2.72. The van der Waals surface area contributed by atoms with Gasteiger partial charge in [-0.25, -0.2) is 0 Å². The van der Waals surface area contributed by atoms with Crippen LogP contribution in [0.1, 0.15) is 57.8 Å². The monoisotopic (exact) mass is 485 g/mol. The predicted molar refractivity (Wildman–Crippen MR) is 124 cm³/mol. The summed E-state index contributed by atoms with van der Waals surface area (Å²) in [6.45, 7) is 14.2. The lowest BCUT2D eigenvalue weighted by Gasteiger charge is -2.62. The number of halogens is 1. The van der Waals surface area contributed by atoms with Crippen LogP contribution in [-0.4, -0.2) is 43.1 Å². The summed E-state index contributed by atoms with van der Waals surface area (Å²) >= 11 is 0. The average Bonchev–Trinajstić information content (AvgIpc) is 2.62. The fraction of sp³-hybridized carbons (Fsp3) is 0.682. The highest BCUT2D eigenvalue weighted by molar-refractivity contribution is 14.0. The van der Waals surface area contributed by atoms with E-state index in [1.54, 1.807) is 0 Å². The summed E-state index contributed by atoms with van der Waals surface area (Å²) in [5.41, 5.74) is 3.02. The third kappa shape index (κ3) is 4.44. The van der Waals surface area contributed by atoms with Crippen LogP contribution in [-0.2, 0) is 4.74 Å². The van der Waals surface area contributed by atoms with Crippen LogP contribution in [0.5, 0.6) is 0 Å². The first-order valence-electron chi connectivity index (χ1n) is 9.93. The molecule has 27 heavy (non-hydrogen) atoms. The summed E-state index contributed by atoms with van der Waals surface area (Å²) in [7, 11) is 1.89. The van der Waals surface area contributed by atoms with Crippen LogP contribution in [0.15, 0.2) is 29.3 Å². The third-order valence-corrected chi connectivity index (χ3v) is 6.72. The molecule has 2 aliphatic rings. The predicted octanol–water partition coefficient (Wildman–Crippen LogP) is 4.78. The molecule has 2 unspecified atom stereocenters. The topological polar surface area (TPSA) is 36.9 Å². The number of benzene rings is 1. The summed E-state index contributed by atoms with van der Waals surface area (Å²) in [5.74, 6) is 1.49. The van der Waals surface area contributed by atoms with E-state index >= 15 is 0 Å². The molecule has 2 fully saturated rings. The molecular formula is C22H36IN3O. The van der Waals surface area contributed by atoms with Gasteiger partial charge in [0.2, 0.25) is 0 Å². The van der Waals surface area contributed by atoms with Gasteiger partial charge in [0.25, 0.3) is 0 Å². The number of nitrogens with one attached hydrogen (secondary N) is 1. The zero-order chi connectivity index (χ0) is 18.9. The molecule has 0 aromatic heterocycles. The van der Waals surface area contributed by atoms with Crippen LogP contribution in [0.2, 0.25) is 0 Å². The van der Waals surface area contributed by atoms with E-state index in [2.05, 4.69) is 74.1 Å². The second-order valence-corrected chi connectivity index (χ2v) is 9.06. The fourth-order valence-corrected chi connectivity index (χ4v) is 4.09. The summed E-state index contributed by atoms with van der Waals surface area (Å²) in [6, 6.07) is 8.80. The molecule has 0 radical (unpaired) electrons. The number of likely N-dealkylation sites (tertiary alicyclic amines) is 1. The maximum Gasteiger partial charge on any atom is 0.194 e. The van der Waals surface area contributed by atoms with Crippen LogP contribution in [0.3, 0.4) is 0 Å². The molecule has 2 saturated heterocycles. The highest BCUT2D eigenvalue weighted by atomic mass is 127. The van der Waals surface area contributed by atoms with Crippen LogP contribution in [0.4, 0.5) is 0 Å². The Morgan fingerprint density at radius 2 is 1.89 bits per heavy atom. The summed E-state index contributed by atoms with van der Waals surface area (Å²) < 4.78 is 6.16. The van der Waals surface area contributed by atoms with Gasteiger partial charge in [-0.3, -0.25) is 4.99 Å². The Bertz CT molecular complexity index is 654. The van der Waals surface area contributed by atoms with Gasteiger partial charge >= 0.3 is 0 Å². The molecule has 0 amide bonds. The molecule has 0 bridgehead atoms. The van der Waals surface area contributed by atoms with E-state index in [1.165, 1.54) is 17.5 Å². The van der Waals surface area contributed by atoms with E-state index in [-0.39, 0.29) is 35.6 Å². The van der Waals surface area contributed by atoms with Crippen molar-refractivity contribution in [2.75, 3.05) is 26.7 Å². The Hall–Kier alpha value is -0.820. The van der Waals surface area contributed by atoms with E-state index in [0.29, 0.717) is 11.3 Å². The van der Waals surface area contributed by atoms with Gasteiger partial charge in [-0.1, -0.05) is 43.7 Å². The van der Waals surface area contributed by atoms with Crippen molar-refractivity contribution in [2.45, 2.75) is 59.1 Å². The summed E-state index contributed by atoms with van der Waals surface area (Å²) in [4.78, 5) is 6.96. The molecule has 2 aliphatic heterocycles. The lowest BCUT2D eigenvalue weighted by molar-refractivity contribution is -0.0678. The highest BCUT2D eigenvalue weighted by Gasteiger charge is 2.53. The van der Waals surface area contributed by atoms with Gasteiger partial charge in [0, 0.05) is 43.6 Å². The van der Waals surface area contributed by atoms with Gasteiger partial charge < -0.3 is 15.0 Å². The summed E-state index contributed by atoms with van der Waals surface area (Å²) in [6.07, 6.45) is 2.50. The van der Waals surface area contributed by atoms with E-state index in [9.17, 15) is 0 Å². The Balaban J connectivity index is 0.00000261. The highest BCUT2D eigenvalue weighted by Crippen LogP contribution is 2.46. The Morgan fingerprint density at radius 3 is 2.44 bits per heavy atom. The molecule has 1 aromatic rings. The first kappa shape index (κ1) is 22.5. The van der Waals surface area contributed by atoms with Crippen LogP contribution < -0.4 is 5.32 Å². The molecular weight excluding hydrogens is 449 g/mol. The molecule has 4 nitrogen and oxygen atoms in total. The standard InChI is InChI=1S/C22H35N3O.HI/c1-16-9-11-17(12-10-16)19-18(8-7-13-26-19)14-24-20(23-6)25-15-21(2,3)22(25,4)5;/h9-12,18-19H,7-8,13-15H2,1-6H3,(H,23,24);1H. The van der Waals surface area contributed by atoms with Crippen molar-refractivity contribution in [3.05, 3.63) is 35.4 Å². The van der Waals surface area contributed by atoms with E-state index in [4.69, 9.17) is 4.74 Å². The maximum atomic E-state index is 6.16. The molecule has 3 rings (SSSR count). The normalized spacial score (nSPS) is 26.7. The minimum atomic E-state index is 0. The van der Waals surface area contributed by atoms with E-state index < -0.39 is 0 Å². The zero-order valence-corrected chi connectivity index (χ0v) is 20.0. The maximum absolute atomic E-state index is 6.16. The van der Waals surface area contributed by atoms with Crippen LogP contribution in [0, 0.1) is 18.3 Å². The third-order valence-electron chi connectivity index (χ3n) is 6.72. The van der Waals surface area contributed by atoms with Crippen molar-refractivity contribution in [3.8, 4) is 0 Å². The van der Waals surface area contributed by atoms with Gasteiger partial charge in [-0.05, 0) is 39.2 Å². The number of hydrogen-bond donors (Lipinski definition) is 1. The average molecular weight is 485 g/mol. The number of aryl methyl sites for hydroxylation is 1. The molecule has 2 heterocycles. The number of hydrogen-bond acceptors (Lipinski definition) is 2. The van der Waals surface area contributed by atoms with Crippen LogP contribution >= 0.6 is 24.0 Å². The van der Waals surface area contributed by atoms with Gasteiger partial charge in [-0.2, -0.15) is 0 Å². The SMILES string of the molecule is CN=C(NCC1CCCOC1c1ccc(C)cc1)N1CC(C)(C)C1(C)C.I. The second kappa shape index (κ2) is 8.68. The Kier molecular flexibility index (Phi) is 7.22. The first-order chi connectivity index (χ1) is 12.3. The second-order valence-electron chi connectivity index (χ2n) is 9.06. The van der Waals surface area contributed by atoms with Crippen LogP contribution in [0.25, 0.3) is 0 Å². The molecule has 0 aliphatic carbocycles. The largest absolute Gasteiger partial charge is 0.373 e. The number of aliphatic imine (C=N–C) groups is 1. The number of nitrogens with zero attached hydrogens (tertiary/aromatic N) is 2.